The summed E-state index contributed by atoms with van der Waals surface area (Å²) in [6.07, 6.45) is 6.32. The largest absolute Gasteiger partial charge is 0.457 e. The predicted molar refractivity (Wildman–Crippen MR) is 224 cm³/mol. The Bertz CT molecular complexity index is 3430. The second-order valence-electron chi connectivity index (χ2n) is 15.1. The van der Waals surface area contributed by atoms with Gasteiger partial charge in [-0.1, -0.05) is 127 Å². The van der Waals surface area contributed by atoms with Crippen molar-refractivity contribution in [3.63, 3.8) is 0 Å². The Kier molecular flexibility index (Phi) is 5.88. The first-order chi connectivity index (χ1) is 27.8. The number of aromatic nitrogens is 3. The number of hydrogen-bond acceptors (Lipinski definition) is 4. The van der Waals surface area contributed by atoms with Gasteiger partial charge in [-0.3, -0.25) is 4.57 Å². The molecule has 5 nitrogen and oxygen atoms in total. The van der Waals surface area contributed by atoms with Crippen molar-refractivity contribution in [1.29, 1.82) is 0 Å². The summed E-state index contributed by atoms with van der Waals surface area (Å²) in [6, 6.07) is 54.4. The summed E-state index contributed by atoms with van der Waals surface area (Å²) in [7, 11) is 0. The maximum absolute atomic E-state index is 6.98. The van der Waals surface area contributed by atoms with Gasteiger partial charge in [0.15, 0.2) is 5.58 Å². The molecule has 0 unspecified atom stereocenters. The van der Waals surface area contributed by atoms with E-state index >= 15 is 0 Å². The quantitative estimate of drug-likeness (QED) is 0.179. The van der Waals surface area contributed by atoms with Gasteiger partial charge >= 0.3 is 0 Å². The van der Waals surface area contributed by atoms with E-state index in [-0.39, 0.29) is 0 Å². The van der Waals surface area contributed by atoms with Crippen molar-refractivity contribution in [2.75, 3.05) is 0 Å². The van der Waals surface area contributed by atoms with Crippen LogP contribution in [0.5, 0.6) is 11.5 Å². The molecule has 0 saturated heterocycles. The molecule has 0 N–H and O–H groups in total. The minimum Gasteiger partial charge on any atom is -0.457 e. The molecule has 3 aliphatic rings. The topological polar surface area (TPSA) is 53.1 Å². The molecule has 0 radical (unpaired) electrons. The van der Waals surface area contributed by atoms with Crippen molar-refractivity contribution in [2.45, 2.75) is 18.3 Å². The molecule has 1 aliphatic heterocycles. The first-order valence-corrected chi connectivity index (χ1v) is 19.3. The molecule has 0 fully saturated rings. The highest BCUT2D eigenvalue weighted by atomic mass is 16.5. The molecule has 262 valence electrons. The van der Waals surface area contributed by atoms with Crippen molar-refractivity contribution < 1.29 is 9.15 Å². The number of nitrogens with zero attached hydrogens (tertiary/aromatic N) is 3. The van der Waals surface area contributed by atoms with Crippen LogP contribution in [0.15, 0.2) is 156 Å². The highest BCUT2D eigenvalue weighted by molar-refractivity contribution is 6.10. The Morgan fingerprint density at radius 2 is 1.25 bits per heavy atom. The smallest absolute Gasteiger partial charge is 0.236 e. The van der Waals surface area contributed by atoms with Crippen LogP contribution in [0.2, 0.25) is 0 Å². The van der Waals surface area contributed by atoms with Gasteiger partial charge in [0.05, 0.1) is 16.4 Å². The van der Waals surface area contributed by atoms with Crippen LogP contribution in [-0.2, 0) is 5.41 Å². The van der Waals surface area contributed by atoms with Crippen LogP contribution >= 0.6 is 0 Å². The van der Waals surface area contributed by atoms with E-state index in [1.54, 1.807) is 0 Å². The van der Waals surface area contributed by atoms with Crippen molar-refractivity contribution >= 4 is 55.8 Å². The van der Waals surface area contributed by atoms with E-state index in [2.05, 4.69) is 168 Å². The zero-order valence-electron chi connectivity index (χ0n) is 30.2. The lowest BCUT2D eigenvalue weighted by molar-refractivity contribution is 0.437. The average molecular weight is 718 g/mol. The molecule has 13 rings (SSSR count). The Hall–Kier alpha value is -7.24. The molecule has 3 aromatic heterocycles. The SMILES string of the molecule is C1=c2oc3c(-c4ccc5ccccc5c4)nc(-n4c5ccccc5c5cc6c(cc54)Oc4ccccc4C64c5ccccc5-c5ccccc54)nc3c2=CCC1. The van der Waals surface area contributed by atoms with Crippen molar-refractivity contribution in [1.82, 2.24) is 14.5 Å². The van der Waals surface area contributed by atoms with Crippen LogP contribution in [0.4, 0.5) is 0 Å². The number of benzene rings is 7. The highest BCUT2D eigenvalue weighted by Crippen LogP contribution is 2.62. The van der Waals surface area contributed by atoms with Crippen LogP contribution in [0.1, 0.15) is 35.1 Å². The molecule has 56 heavy (non-hydrogen) atoms. The normalized spacial score (nSPS) is 14.5. The van der Waals surface area contributed by atoms with Crippen molar-refractivity contribution in [3.05, 3.63) is 185 Å². The van der Waals surface area contributed by atoms with E-state index in [0.29, 0.717) is 11.5 Å². The lowest BCUT2D eigenvalue weighted by atomic mass is 9.66. The monoisotopic (exact) mass is 717 g/mol. The third kappa shape index (κ3) is 3.84. The van der Waals surface area contributed by atoms with Crippen LogP contribution in [0.25, 0.3) is 84.2 Å². The van der Waals surface area contributed by atoms with Gasteiger partial charge in [0.25, 0.3) is 0 Å². The van der Waals surface area contributed by atoms with E-state index in [4.69, 9.17) is 19.1 Å². The van der Waals surface area contributed by atoms with E-state index in [9.17, 15) is 0 Å². The fraction of sp³-hybridized carbons (Fsp3) is 0.0588. The fourth-order valence-corrected chi connectivity index (χ4v) is 9.96. The molecule has 4 heterocycles. The second kappa shape index (κ2) is 10.9. The van der Waals surface area contributed by atoms with Gasteiger partial charge < -0.3 is 9.15 Å². The third-order valence-corrected chi connectivity index (χ3v) is 12.3. The summed E-state index contributed by atoms with van der Waals surface area (Å²) in [5, 5.41) is 5.62. The van der Waals surface area contributed by atoms with E-state index in [1.165, 1.54) is 27.6 Å². The van der Waals surface area contributed by atoms with Crippen LogP contribution in [0.3, 0.4) is 0 Å². The number of fused-ring (bicyclic) bond motifs is 16. The molecule has 1 spiro atoms. The van der Waals surface area contributed by atoms with Gasteiger partial charge in [-0.25, -0.2) is 9.97 Å². The first kappa shape index (κ1) is 30.1. The van der Waals surface area contributed by atoms with E-state index < -0.39 is 5.41 Å². The van der Waals surface area contributed by atoms with Crippen molar-refractivity contribution in [2.24, 2.45) is 0 Å². The number of ether oxygens (including phenoxy) is 1. The van der Waals surface area contributed by atoms with Crippen molar-refractivity contribution in [3.8, 4) is 39.8 Å². The zero-order chi connectivity index (χ0) is 36.5. The Morgan fingerprint density at radius 3 is 2.11 bits per heavy atom. The first-order valence-electron chi connectivity index (χ1n) is 19.3. The average Bonchev–Trinajstić information content (AvgIpc) is 3.89. The number of para-hydroxylation sites is 2. The van der Waals surface area contributed by atoms with Gasteiger partial charge in [-0.05, 0) is 76.2 Å². The number of hydrogen-bond donors (Lipinski definition) is 0. The van der Waals surface area contributed by atoms with Gasteiger partial charge in [0.2, 0.25) is 5.95 Å². The zero-order valence-corrected chi connectivity index (χ0v) is 30.2. The van der Waals surface area contributed by atoms with Crippen LogP contribution < -0.4 is 15.4 Å². The molecule has 0 bridgehead atoms. The molecule has 0 amide bonds. The Labute approximate surface area is 321 Å². The second-order valence-corrected chi connectivity index (χ2v) is 15.1. The molecule has 2 aliphatic carbocycles. The maximum Gasteiger partial charge on any atom is 0.236 e. The van der Waals surface area contributed by atoms with Gasteiger partial charge in [0.1, 0.15) is 28.1 Å². The lowest BCUT2D eigenvalue weighted by Gasteiger charge is -2.39. The molecular formula is C51H31N3O2. The molecule has 10 aromatic rings. The van der Waals surface area contributed by atoms with Gasteiger partial charge in [-0.2, -0.15) is 0 Å². The summed E-state index contributed by atoms with van der Waals surface area (Å²) in [6.45, 7) is 0. The summed E-state index contributed by atoms with van der Waals surface area (Å²) >= 11 is 0. The fourth-order valence-electron chi connectivity index (χ4n) is 9.96. The van der Waals surface area contributed by atoms with Gasteiger partial charge in [-0.15, -0.1) is 0 Å². The third-order valence-electron chi connectivity index (χ3n) is 12.3. The highest BCUT2D eigenvalue weighted by Gasteiger charge is 2.51. The molecule has 5 heteroatoms. The minimum absolute atomic E-state index is 0.560. The van der Waals surface area contributed by atoms with Crippen LogP contribution in [0, 0.1) is 0 Å². The predicted octanol–water partition coefficient (Wildman–Crippen LogP) is 11.0. The number of furan rings is 1. The standard InChI is InChI=1S/C51H31N3O2/c1-2-14-31-27-32(26-25-30(31)13-1)47-49-48(36-18-6-11-23-44(36)56-49)53-50(52-47)54-42-22-10-5-17-35(42)37-28-41-46(29-43(37)54)55-45-24-12-9-21-40(45)51(41)38-19-7-3-15-33(38)34-16-4-8-20-39(34)51/h1-5,7-10,12-29H,6,11H2. The summed E-state index contributed by atoms with van der Waals surface area (Å²) in [4.78, 5) is 10.8. The van der Waals surface area contributed by atoms with Crippen LogP contribution in [-0.4, -0.2) is 14.5 Å². The van der Waals surface area contributed by atoms with E-state index in [1.807, 2.05) is 0 Å². The Morgan fingerprint density at radius 1 is 0.536 bits per heavy atom. The maximum atomic E-state index is 6.98. The minimum atomic E-state index is -0.560. The molecule has 0 saturated carbocycles. The van der Waals surface area contributed by atoms with E-state index in [0.717, 1.165) is 90.1 Å². The summed E-state index contributed by atoms with van der Waals surface area (Å²) in [5.74, 6) is 2.28. The molecule has 0 atom stereocenters. The molecular weight excluding hydrogens is 687 g/mol. The Balaban J connectivity index is 1.14. The summed E-state index contributed by atoms with van der Waals surface area (Å²) in [5.41, 5.74) is 13.0. The van der Waals surface area contributed by atoms with Gasteiger partial charge in [0, 0.05) is 38.7 Å². The lowest BCUT2D eigenvalue weighted by Crippen LogP contribution is -2.32. The number of rotatable bonds is 2. The molecule has 7 aromatic carbocycles. The summed E-state index contributed by atoms with van der Waals surface area (Å²) < 4.78 is 15.8.